The fourth-order valence-electron chi connectivity index (χ4n) is 12.6. The molecule has 0 amide bonds. The highest BCUT2D eigenvalue weighted by molar-refractivity contribution is 5.35. The number of aliphatic hydroxyl groups is 1. The predicted octanol–water partition coefficient (Wildman–Crippen LogP) is 5.49. The number of methoxy groups -OCH3 is 1. The van der Waals surface area contributed by atoms with Gasteiger partial charge in [-0.2, -0.15) is 0 Å². The van der Waals surface area contributed by atoms with Crippen LogP contribution in [0.15, 0.2) is 11.6 Å². The van der Waals surface area contributed by atoms with Crippen molar-refractivity contribution in [2.75, 3.05) is 66.4 Å². The fraction of sp³-hybridized carbons (Fsp3) is 0.946. The molecule has 3 unspecified atom stereocenters. The topological polar surface area (TPSA) is 69.6 Å². The summed E-state index contributed by atoms with van der Waals surface area (Å²) in [6.07, 6.45) is 13.6. The summed E-state index contributed by atoms with van der Waals surface area (Å²) in [5, 5.41) is 10.4. The zero-order valence-corrected chi connectivity index (χ0v) is 28.4. The first-order chi connectivity index (χ1) is 21.2. The molecule has 0 aromatic carbocycles. The second-order valence-electron chi connectivity index (χ2n) is 16.5. The summed E-state index contributed by atoms with van der Waals surface area (Å²) < 4.78 is 29.7. The van der Waals surface area contributed by atoms with Gasteiger partial charge in [-0.25, -0.2) is 0 Å². The van der Waals surface area contributed by atoms with Crippen molar-refractivity contribution in [1.82, 2.24) is 4.90 Å². The van der Waals surface area contributed by atoms with Crippen LogP contribution in [0.25, 0.3) is 0 Å². The van der Waals surface area contributed by atoms with E-state index < -0.39 is 0 Å². The van der Waals surface area contributed by atoms with Crippen LogP contribution in [0.3, 0.4) is 0 Å². The smallest absolute Gasteiger partial charge is 0.0787 e. The summed E-state index contributed by atoms with van der Waals surface area (Å²) in [5.41, 5.74) is 2.66. The van der Waals surface area contributed by atoms with E-state index in [1.807, 2.05) is 0 Å². The molecular weight excluding hydrogens is 554 g/mol. The van der Waals surface area contributed by atoms with Crippen molar-refractivity contribution in [3.8, 4) is 0 Å². The van der Waals surface area contributed by atoms with Gasteiger partial charge in [0.2, 0.25) is 0 Å². The van der Waals surface area contributed by atoms with Crippen LogP contribution in [0.1, 0.15) is 85.5 Å². The Morgan fingerprint density at radius 2 is 1.66 bits per heavy atom. The molecule has 2 aliphatic heterocycles. The molecule has 7 rings (SSSR count). The third-order valence-corrected chi connectivity index (χ3v) is 14.7. The van der Waals surface area contributed by atoms with E-state index in [1.54, 1.807) is 12.7 Å². The van der Waals surface area contributed by atoms with Crippen molar-refractivity contribution in [2.45, 2.75) is 109 Å². The number of allylic oxidation sites excluding steroid dienone is 1. The van der Waals surface area contributed by atoms with Crippen LogP contribution in [0.5, 0.6) is 0 Å². The molecule has 0 bridgehead atoms. The average molecular weight is 616 g/mol. The van der Waals surface area contributed by atoms with Crippen molar-refractivity contribution in [3.05, 3.63) is 11.6 Å². The van der Waals surface area contributed by atoms with Gasteiger partial charge in [0.25, 0.3) is 0 Å². The molecule has 0 aromatic heterocycles. The Morgan fingerprint density at radius 1 is 0.932 bits per heavy atom. The zero-order chi connectivity index (χ0) is 30.7. The normalized spacial score (nSPS) is 49.2. The number of hydrogen-bond donors (Lipinski definition) is 1. The summed E-state index contributed by atoms with van der Waals surface area (Å²) >= 11 is 0. The summed E-state index contributed by atoms with van der Waals surface area (Å²) in [6.45, 7) is 16.7. The number of likely N-dealkylation sites (tertiary alicyclic amines) is 1. The molecule has 7 aliphatic rings. The molecular formula is C37H61NO6. The minimum Gasteiger partial charge on any atom is -0.389 e. The monoisotopic (exact) mass is 615 g/mol. The van der Waals surface area contributed by atoms with Crippen LogP contribution >= 0.6 is 0 Å². The van der Waals surface area contributed by atoms with Gasteiger partial charge in [-0.05, 0) is 92.3 Å². The molecule has 4 saturated carbocycles. The third kappa shape index (κ3) is 4.92. The van der Waals surface area contributed by atoms with Crippen molar-refractivity contribution < 1.29 is 28.8 Å². The SMILES string of the molecule is COCCOCCOCCOCCN1C[C@@H](C)C[C@H]2OC3(CC[C@H]4[C@@H]5CCC6=C[C@@H](O)CC[C@]6(C)[C@H]5CC45CC53C)[C@H](C)[C@@H]21. The van der Waals surface area contributed by atoms with Gasteiger partial charge in [-0.3, -0.25) is 4.90 Å². The lowest BCUT2D eigenvalue weighted by molar-refractivity contribution is -0.148. The second-order valence-corrected chi connectivity index (χ2v) is 16.5. The number of piperidine rings is 1. The highest BCUT2D eigenvalue weighted by atomic mass is 16.6. The Kier molecular flexibility index (Phi) is 8.85. The fourth-order valence-corrected chi connectivity index (χ4v) is 12.6. The van der Waals surface area contributed by atoms with Crippen LogP contribution < -0.4 is 0 Å². The Balaban J connectivity index is 0.984. The molecule has 2 saturated heterocycles. The molecule has 2 spiro atoms. The van der Waals surface area contributed by atoms with Gasteiger partial charge in [0, 0.05) is 37.6 Å². The van der Waals surface area contributed by atoms with Gasteiger partial charge in [-0.1, -0.05) is 39.3 Å². The third-order valence-electron chi connectivity index (χ3n) is 14.7. The highest BCUT2D eigenvalue weighted by Crippen LogP contribution is 2.87. The first-order valence-electron chi connectivity index (χ1n) is 18.2. The van der Waals surface area contributed by atoms with E-state index in [4.69, 9.17) is 23.7 Å². The molecule has 44 heavy (non-hydrogen) atoms. The number of hydrogen-bond acceptors (Lipinski definition) is 7. The number of nitrogens with zero attached hydrogens (tertiary/aromatic N) is 1. The van der Waals surface area contributed by atoms with Gasteiger partial charge in [0.15, 0.2) is 0 Å². The minimum atomic E-state index is -0.220. The van der Waals surface area contributed by atoms with Gasteiger partial charge in [0.1, 0.15) is 0 Å². The van der Waals surface area contributed by atoms with Crippen LogP contribution in [0.2, 0.25) is 0 Å². The van der Waals surface area contributed by atoms with Crippen molar-refractivity contribution in [3.63, 3.8) is 0 Å². The molecule has 1 N–H and O–H groups in total. The van der Waals surface area contributed by atoms with Crippen molar-refractivity contribution in [1.29, 1.82) is 0 Å². The molecule has 7 heteroatoms. The maximum atomic E-state index is 10.4. The standard InChI is InChI=1S/C37H61NO6/c1-25-20-32-33(38(23-25)12-13-41-16-17-43-19-18-42-15-14-40-5)26(2)37(44-32)11-9-30-29-7-6-27-21-28(39)8-10-34(27,3)31(29)22-36(30)24-35(36,37)4/h21,25-26,28-33,39H,6-20,22-24H2,1-5H3/t25-,26+,28-,29-,30-,31-,32+,33-,34-,35?,36?,37?/m0/s1. The maximum absolute atomic E-state index is 10.4. The summed E-state index contributed by atoms with van der Waals surface area (Å²) in [6, 6.07) is 0.497. The Labute approximate surface area is 266 Å². The highest BCUT2D eigenvalue weighted by Gasteiger charge is 2.84. The quantitative estimate of drug-likeness (QED) is 0.230. The van der Waals surface area contributed by atoms with Crippen molar-refractivity contribution in [2.24, 2.45) is 45.8 Å². The van der Waals surface area contributed by atoms with E-state index in [9.17, 15) is 5.11 Å². The molecule has 7 nitrogen and oxygen atoms in total. The van der Waals surface area contributed by atoms with Crippen molar-refractivity contribution >= 4 is 0 Å². The molecule has 0 radical (unpaired) electrons. The van der Waals surface area contributed by atoms with Gasteiger partial charge < -0.3 is 28.8 Å². The first kappa shape index (κ1) is 32.0. The van der Waals surface area contributed by atoms with Gasteiger partial charge in [0.05, 0.1) is 64.1 Å². The van der Waals surface area contributed by atoms with E-state index in [2.05, 4.69) is 38.7 Å². The van der Waals surface area contributed by atoms with Crippen LogP contribution in [0.4, 0.5) is 0 Å². The van der Waals surface area contributed by atoms with E-state index in [1.165, 1.54) is 51.4 Å². The number of ether oxygens (including phenoxy) is 5. The Hall–Kier alpha value is -0.540. The van der Waals surface area contributed by atoms with Gasteiger partial charge >= 0.3 is 0 Å². The lowest BCUT2D eigenvalue weighted by atomic mass is 9.56. The number of fused-ring (bicyclic) bond motifs is 6. The predicted molar refractivity (Wildman–Crippen MR) is 170 cm³/mol. The van der Waals surface area contributed by atoms with Crippen LogP contribution in [0, 0.1) is 45.8 Å². The van der Waals surface area contributed by atoms with Crippen LogP contribution in [-0.2, 0) is 23.7 Å². The number of aliphatic hydroxyl groups excluding tert-OH is 1. The minimum absolute atomic E-state index is 0.0109. The van der Waals surface area contributed by atoms with E-state index >= 15 is 0 Å². The Bertz CT molecular complexity index is 1070. The van der Waals surface area contributed by atoms with Gasteiger partial charge in [-0.15, -0.1) is 0 Å². The zero-order valence-electron chi connectivity index (χ0n) is 28.4. The molecule has 6 fully saturated rings. The number of rotatable bonds is 12. The molecule has 12 atom stereocenters. The largest absolute Gasteiger partial charge is 0.389 e. The lowest BCUT2D eigenvalue weighted by Gasteiger charge is -2.50. The van der Waals surface area contributed by atoms with E-state index in [0.717, 1.165) is 43.9 Å². The molecule has 2 heterocycles. The van der Waals surface area contributed by atoms with E-state index in [0.29, 0.717) is 79.9 Å². The Morgan fingerprint density at radius 3 is 2.41 bits per heavy atom. The second kappa shape index (κ2) is 12.2. The van der Waals surface area contributed by atoms with E-state index in [-0.39, 0.29) is 11.7 Å². The summed E-state index contributed by atoms with van der Waals surface area (Å²) in [7, 11) is 1.69. The maximum Gasteiger partial charge on any atom is 0.0787 e. The summed E-state index contributed by atoms with van der Waals surface area (Å²) in [4.78, 5) is 2.74. The van der Waals surface area contributed by atoms with Crippen LogP contribution in [-0.4, -0.2) is 100 Å². The molecule has 5 aliphatic carbocycles. The lowest BCUT2D eigenvalue weighted by Crippen LogP contribution is -2.55. The summed E-state index contributed by atoms with van der Waals surface area (Å²) in [5.74, 6) is 3.72. The first-order valence-corrected chi connectivity index (χ1v) is 18.2. The average Bonchev–Trinajstić information content (AvgIpc) is 3.34. The molecule has 0 aromatic rings. The molecule has 250 valence electrons.